The van der Waals surface area contributed by atoms with Gasteiger partial charge in [0.15, 0.2) is 0 Å². The Morgan fingerprint density at radius 3 is 2.00 bits per heavy atom. The van der Waals surface area contributed by atoms with Crippen molar-refractivity contribution in [1.29, 1.82) is 0 Å². The van der Waals surface area contributed by atoms with Crippen molar-refractivity contribution in [3.8, 4) is 0 Å². The van der Waals surface area contributed by atoms with Gasteiger partial charge in [0.25, 0.3) is 5.91 Å². The molecule has 0 saturated carbocycles. The van der Waals surface area contributed by atoms with Crippen LogP contribution in [0, 0.1) is 0 Å². The first-order valence-electron chi connectivity index (χ1n) is 5.83. The van der Waals surface area contributed by atoms with E-state index in [-0.39, 0.29) is 0 Å². The maximum Gasteiger partial charge on any atom is 0.471 e. The minimum atomic E-state index is -5.06. The molecule has 0 heterocycles. The summed E-state index contributed by atoms with van der Waals surface area (Å²) in [5.41, 5.74) is -1.82. The zero-order valence-corrected chi connectivity index (χ0v) is 10.8. The van der Waals surface area contributed by atoms with Crippen LogP contribution in [0.5, 0.6) is 0 Å². The molecular formula is C12H10F6N2O2. The standard InChI is InChI=1S/C12H10F6N2O2/c13-11(14,15)8-4-2-1-3-7(8)9(21)19-5-6-20-10(22)12(16,17)18/h1-4H,5-6H2,(H,19,21)(H,20,22). The molecule has 0 atom stereocenters. The molecule has 2 amide bonds. The summed E-state index contributed by atoms with van der Waals surface area (Å²) >= 11 is 0. The van der Waals surface area contributed by atoms with Gasteiger partial charge in [0, 0.05) is 13.1 Å². The fraction of sp³-hybridized carbons (Fsp3) is 0.333. The van der Waals surface area contributed by atoms with E-state index in [1.807, 2.05) is 5.32 Å². The molecule has 0 saturated heterocycles. The Bertz CT molecular complexity index is 553. The average molecular weight is 328 g/mol. The monoisotopic (exact) mass is 328 g/mol. The number of hydrogen-bond donors (Lipinski definition) is 2. The number of amides is 2. The molecule has 1 aromatic rings. The molecule has 0 bridgehead atoms. The van der Waals surface area contributed by atoms with Gasteiger partial charge in [-0.25, -0.2) is 0 Å². The number of carbonyl (C=O) groups is 2. The molecule has 0 aliphatic heterocycles. The first-order valence-corrected chi connectivity index (χ1v) is 5.83. The Balaban J connectivity index is 2.59. The number of nitrogens with one attached hydrogen (secondary N) is 2. The summed E-state index contributed by atoms with van der Waals surface area (Å²) in [6, 6.07) is 3.96. The van der Waals surface area contributed by atoms with Gasteiger partial charge < -0.3 is 10.6 Å². The van der Waals surface area contributed by atoms with Crippen LogP contribution in [0.4, 0.5) is 26.3 Å². The Morgan fingerprint density at radius 1 is 0.909 bits per heavy atom. The number of alkyl halides is 6. The summed E-state index contributed by atoms with van der Waals surface area (Å²) in [4.78, 5) is 22.1. The number of carbonyl (C=O) groups excluding carboxylic acids is 2. The van der Waals surface area contributed by atoms with Gasteiger partial charge in [-0.3, -0.25) is 9.59 Å². The first kappa shape index (κ1) is 17.8. The number of rotatable bonds is 4. The van der Waals surface area contributed by atoms with Crippen LogP contribution in [0.2, 0.25) is 0 Å². The zero-order chi connectivity index (χ0) is 17.0. The molecular weight excluding hydrogens is 318 g/mol. The average Bonchev–Trinajstić information content (AvgIpc) is 2.41. The third kappa shape index (κ3) is 4.93. The van der Waals surface area contributed by atoms with Gasteiger partial charge in [0.2, 0.25) is 0 Å². The second-order valence-corrected chi connectivity index (χ2v) is 4.05. The molecule has 0 radical (unpaired) electrons. The molecule has 4 nitrogen and oxygen atoms in total. The molecule has 0 fully saturated rings. The molecule has 0 unspecified atom stereocenters. The maximum atomic E-state index is 12.7. The third-order valence-electron chi connectivity index (χ3n) is 2.43. The van der Waals surface area contributed by atoms with E-state index in [0.29, 0.717) is 6.07 Å². The van der Waals surface area contributed by atoms with Gasteiger partial charge in [-0.15, -0.1) is 0 Å². The predicted molar refractivity (Wildman–Crippen MR) is 62.8 cm³/mol. The highest BCUT2D eigenvalue weighted by atomic mass is 19.4. The highest BCUT2D eigenvalue weighted by molar-refractivity contribution is 5.95. The fourth-order valence-electron chi connectivity index (χ4n) is 1.48. The minimum absolute atomic E-state index is 0.452. The van der Waals surface area contributed by atoms with Crippen LogP contribution in [-0.2, 0) is 11.0 Å². The van der Waals surface area contributed by atoms with E-state index in [0.717, 1.165) is 12.1 Å². The lowest BCUT2D eigenvalue weighted by Crippen LogP contribution is -2.41. The zero-order valence-electron chi connectivity index (χ0n) is 10.8. The minimum Gasteiger partial charge on any atom is -0.350 e. The quantitative estimate of drug-likeness (QED) is 0.657. The number of hydrogen-bond acceptors (Lipinski definition) is 2. The number of halogens is 6. The second-order valence-electron chi connectivity index (χ2n) is 4.05. The van der Waals surface area contributed by atoms with E-state index in [4.69, 9.17) is 0 Å². The molecule has 2 N–H and O–H groups in total. The Kier molecular flexibility index (Phi) is 5.39. The lowest BCUT2D eigenvalue weighted by atomic mass is 10.1. The van der Waals surface area contributed by atoms with Gasteiger partial charge in [-0.1, -0.05) is 12.1 Å². The maximum absolute atomic E-state index is 12.7. The van der Waals surface area contributed by atoms with E-state index < -0.39 is 48.4 Å². The van der Waals surface area contributed by atoms with E-state index >= 15 is 0 Å². The summed E-state index contributed by atoms with van der Waals surface area (Å²) in [6.07, 6.45) is -9.80. The van der Waals surface area contributed by atoms with E-state index in [2.05, 4.69) is 0 Å². The van der Waals surface area contributed by atoms with Crippen LogP contribution in [0.15, 0.2) is 24.3 Å². The van der Waals surface area contributed by atoms with Crippen molar-refractivity contribution >= 4 is 11.8 Å². The topological polar surface area (TPSA) is 58.2 Å². The van der Waals surface area contributed by atoms with Crippen molar-refractivity contribution in [1.82, 2.24) is 10.6 Å². The van der Waals surface area contributed by atoms with E-state index in [1.165, 1.54) is 11.4 Å². The largest absolute Gasteiger partial charge is 0.471 e. The van der Waals surface area contributed by atoms with Crippen LogP contribution in [0.25, 0.3) is 0 Å². The fourth-order valence-corrected chi connectivity index (χ4v) is 1.48. The molecule has 0 aliphatic rings. The summed E-state index contributed by atoms with van der Waals surface area (Å²) in [7, 11) is 0. The van der Waals surface area contributed by atoms with Crippen LogP contribution < -0.4 is 10.6 Å². The van der Waals surface area contributed by atoms with E-state index in [9.17, 15) is 35.9 Å². The molecule has 22 heavy (non-hydrogen) atoms. The molecule has 122 valence electrons. The first-order chi connectivity index (χ1) is 10.0. The highest BCUT2D eigenvalue weighted by Gasteiger charge is 2.38. The Labute approximate surface area is 120 Å². The predicted octanol–water partition coefficient (Wildman–Crippen LogP) is 2.11. The molecule has 1 aromatic carbocycles. The summed E-state index contributed by atoms with van der Waals surface area (Å²) in [6.45, 7) is -1.02. The van der Waals surface area contributed by atoms with Crippen molar-refractivity contribution in [3.63, 3.8) is 0 Å². The van der Waals surface area contributed by atoms with Gasteiger partial charge in [-0.2, -0.15) is 26.3 Å². The van der Waals surface area contributed by atoms with E-state index in [1.54, 1.807) is 0 Å². The summed E-state index contributed by atoms with van der Waals surface area (Å²) in [5, 5.41) is 3.47. The van der Waals surface area contributed by atoms with Crippen molar-refractivity contribution < 1.29 is 35.9 Å². The normalized spacial score (nSPS) is 11.9. The van der Waals surface area contributed by atoms with Crippen molar-refractivity contribution in [2.45, 2.75) is 12.4 Å². The summed E-state index contributed by atoms with van der Waals surface area (Å²) < 4.78 is 73.6. The Morgan fingerprint density at radius 2 is 1.45 bits per heavy atom. The third-order valence-corrected chi connectivity index (χ3v) is 2.43. The van der Waals surface area contributed by atoms with Gasteiger partial charge in [-0.05, 0) is 12.1 Å². The van der Waals surface area contributed by atoms with Gasteiger partial charge in [0.1, 0.15) is 0 Å². The molecule has 1 rings (SSSR count). The number of benzene rings is 1. The smallest absolute Gasteiger partial charge is 0.350 e. The van der Waals surface area contributed by atoms with Crippen molar-refractivity contribution in [2.75, 3.05) is 13.1 Å². The van der Waals surface area contributed by atoms with Crippen molar-refractivity contribution in [3.05, 3.63) is 35.4 Å². The van der Waals surface area contributed by atoms with Crippen LogP contribution in [-0.4, -0.2) is 31.1 Å². The Hall–Kier alpha value is -2.26. The van der Waals surface area contributed by atoms with Crippen molar-refractivity contribution in [2.24, 2.45) is 0 Å². The summed E-state index contributed by atoms with van der Waals surface area (Å²) in [5.74, 6) is -3.30. The molecule has 0 aromatic heterocycles. The second kappa shape index (κ2) is 6.67. The lowest BCUT2D eigenvalue weighted by molar-refractivity contribution is -0.173. The van der Waals surface area contributed by atoms with Crippen LogP contribution in [0.3, 0.4) is 0 Å². The molecule has 10 heteroatoms. The SMILES string of the molecule is O=C(NCCNC(=O)C(F)(F)F)c1ccccc1C(F)(F)F. The molecule has 0 aliphatic carbocycles. The molecule has 0 spiro atoms. The van der Waals surface area contributed by atoms with Gasteiger partial charge >= 0.3 is 18.3 Å². The highest BCUT2D eigenvalue weighted by Crippen LogP contribution is 2.31. The lowest BCUT2D eigenvalue weighted by Gasteiger charge is -2.13. The van der Waals surface area contributed by atoms with Crippen LogP contribution in [0.1, 0.15) is 15.9 Å². The van der Waals surface area contributed by atoms with Crippen LogP contribution >= 0.6 is 0 Å². The van der Waals surface area contributed by atoms with Gasteiger partial charge in [0.05, 0.1) is 11.1 Å².